The van der Waals surface area contributed by atoms with Crippen molar-refractivity contribution in [3.63, 3.8) is 0 Å². The maximum absolute atomic E-state index is 11.9. The lowest BCUT2D eigenvalue weighted by atomic mass is 10.2. The number of hydrogen-bond acceptors (Lipinski definition) is 4. The summed E-state index contributed by atoms with van der Waals surface area (Å²) in [6.07, 6.45) is 3.00. The fourth-order valence-electron chi connectivity index (χ4n) is 1.15. The van der Waals surface area contributed by atoms with Crippen LogP contribution < -0.4 is 0 Å². The predicted octanol–water partition coefficient (Wildman–Crippen LogP) is 2.37. The second-order valence-corrected chi connectivity index (χ2v) is 3.77. The summed E-state index contributed by atoms with van der Waals surface area (Å²) in [5.41, 5.74) is 0.332. The molecule has 4 nitrogen and oxygen atoms in total. The maximum Gasteiger partial charge on any atom is 0.247 e. The van der Waals surface area contributed by atoms with E-state index < -0.39 is 0 Å². The van der Waals surface area contributed by atoms with E-state index in [4.69, 9.17) is 4.42 Å². The van der Waals surface area contributed by atoms with Gasteiger partial charge in [0.1, 0.15) is 11.5 Å². The highest BCUT2D eigenvalue weighted by Crippen LogP contribution is 2.20. The summed E-state index contributed by atoms with van der Waals surface area (Å²) in [6, 6.07) is 3.23. The highest BCUT2D eigenvalue weighted by atomic mass is 79.9. The number of hydrogen-bond donors (Lipinski definition) is 0. The number of halogens is 1. The van der Waals surface area contributed by atoms with E-state index in [0.29, 0.717) is 16.0 Å². The van der Waals surface area contributed by atoms with Crippen molar-refractivity contribution >= 4 is 21.7 Å². The zero-order valence-corrected chi connectivity index (χ0v) is 9.48. The quantitative estimate of drug-likeness (QED) is 0.784. The van der Waals surface area contributed by atoms with Crippen molar-refractivity contribution in [2.24, 2.45) is 0 Å². The first-order valence-electron chi connectivity index (χ1n) is 4.26. The number of aromatic nitrogens is 2. The van der Waals surface area contributed by atoms with Gasteiger partial charge in [-0.25, -0.2) is 9.97 Å². The third kappa shape index (κ3) is 1.97. The lowest BCUT2D eigenvalue weighted by Crippen LogP contribution is -2.05. The van der Waals surface area contributed by atoms with E-state index >= 15 is 0 Å². The molecule has 0 aliphatic rings. The monoisotopic (exact) mass is 266 g/mol. The summed E-state index contributed by atoms with van der Waals surface area (Å²) >= 11 is 3.22. The molecule has 0 saturated heterocycles. The number of ketones is 1. The van der Waals surface area contributed by atoms with Crippen molar-refractivity contribution in [1.82, 2.24) is 9.97 Å². The van der Waals surface area contributed by atoms with E-state index in [1.807, 2.05) is 0 Å². The van der Waals surface area contributed by atoms with Crippen molar-refractivity contribution < 1.29 is 9.21 Å². The Labute approximate surface area is 94.5 Å². The molecule has 2 rings (SSSR count). The molecule has 2 aromatic heterocycles. The molecule has 76 valence electrons. The minimum Gasteiger partial charge on any atom is -0.460 e. The summed E-state index contributed by atoms with van der Waals surface area (Å²) < 4.78 is 5.69. The number of carbonyl (C=O) groups is 1. The molecule has 0 radical (unpaired) electrons. The van der Waals surface area contributed by atoms with Gasteiger partial charge in [0.15, 0.2) is 5.76 Å². The van der Waals surface area contributed by atoms with E-state index in [2.05, 4.69) is 25.9 Å². The minimum atomic E-state index is -0.252. The normalized spacial score (nSPS) is 10.3. The van der Waals surface area contributed by atoms with Gasteiger partial charge in [0, 0.05) is 6.20 Å². The molecule has 0 aliphatic carbocycles. The number of furan rings is 1. The topological polar surface area (TPSA) is 56.0 Å². The van der Waals surface area contributed by atoms with Crippen LogP contribution in [-0.4, -0.2) is 15.8 Å². The van der Waals surface area contributed by atoms with Gasteiger partial charge in [0.25, 0.3) is 0 Å². The Morgan fingerprint density at radius 3 is 2.87 bits per heavy atom. The maximum atomic E-state index is 11.9. The first-order chi connectivity index (χ1) is 7.18. The predicted molar refractivity (Wildman–Crippen MR) is 56.6 cm³/mol. The van der Waals surface area contributed by atoms with E-state index in [-0.39, 0.29) is 11.5 Å². The van der Waals surface area contributed by atoms with Crippen LogP contribution in [0.25, 0.3) is 0 Å². The number of rotatable bonds is 2. The summed E-state index contributed by atoms with van der Waals surface area (Å²) in [7, 11) is 0. The van der Waals surface area contributed by atoms with Crippen LogP contribution >= 0.6 is 15.9 Å². The van der Waals surface area contributed by atoms with Gasteiger partial charge in [-0.3, -0.25) is 4.79 Å². The molecule has 15 heavy (non-hydrogen) atoms. The van der Waals surface area contributed by atoms with Gasteiger partial charge < -0.3 is 4.42 Å². The van der Waals surface area contributed by atoms with Crippen LogP contribution in [-0.2, 0) is 0 Å². The first kappa shape index (κ1) is 10.0. The van der Waals surface area contributed by atoms with Crippen LogP contribution in [0.4, 0.5) is 0 Å². The standard InChI is InChI=1S/C10H7BrN2O2/c1-6-12-4-2-8(13-6)9(14)10-7(11)3-5-15-10/h2-5H,1H3. The van der Waals surface area contributed by atoms with Gasteiger partial charge in [-0.15, -0.1) is 0 Å². The number of carbonyl (C=O) groups excluding carboxylic acids is 1. The van der Waals surface area contributed by atoms with Gasteiger partial charge >= 0.3 is 0 Å². The van der Waals surface area contributed by atoms with Crippen molar-refractivity contribution in [2.45, 2.75) is 6.92 Å². The zero-order valence-electron chi connectivity index (χ0n) is 7.90. The van der Waals surface area contributed by atoms with Crippen molar-refractivity contribution in [3.8, 4) is 0 Å². The molecule has 0 bridgehead atoms. The van der Waals surface area contributed by atoms with Crippen molar-refractivity contribution in [2.75, 3.05) is 0 Å². The summed E-state index contributed by atoms with van der Waals surface area (Å²) in [6.45, 7) is 1.73. The molecule has 2 aromatic rings. The zero-order chi connectivity index (χ0) is 10.8. The fourth-order valence-corrected chi connectivity index (χ4v) is 1.54. The van der Waals surface area contributed by atoms with Gasteiger partial charge in [0.2, 0.25) is 5.78 Å². The highest BCUT2D eigenvalue weighted by molar-refractivity contribution is 9.10. The molecule has 0 saturated carbocycles. The molecular weight excluding hydrogens is 260 g/mol. The van der Waals surface area contributed by atoms with Crippen LogP contribution in [0.2, 0.25) is 0 Å². The Morgan fingerprint density at radius 1 is 1.47 bits per heavy atom. The Balaban J connectivity index is 2.41. The largest absolute Gasteiger partial charge is 0.460 e. The molecular formula is C10H7BrN2O2. The SMILES string of the molecule is Cc1nccc(C(=O)c2occc2Br)n1. The van der Waals surface area contributed by atoms with Gasteiger partial charge in [-0.05, 0) is 35.0 Å². The smallest absolute Gasteiger partial charge is 0.247 e. The lowest BCUT2D eigenvalue weighted by molar-refractivity contribution is 0.100. The molecule has 0 spiro atoms. The van der Waals surface area contributed by atoms with Crippen LogP contribution in [0.1, 0.15) is 22.1 Å². The van der Waals surface area contributed by atoms with Crippen LogP contribution in [0.5, 0.6) is 0 Å². The van der Waals surface area contributed by atoms with Gasteiger partial charge in [-0.1, -0.05) is 0 Å². The van der Waals surface area contributed by atoms with Crippen LogP contribution in [0, 0.1) is 6.92 Å². The molecule has 0 aromatic carbocycles. The average Bonchev–Trinajstić information content (AvgIpc) is 2.63. The summed E-state index contributed by atoms with van der Waals surface area (Å²) in [4.78, 5) is 19.8. The molecule has 0 amide bonds. The molecule has 0 N–H and O–H groups in total. The Morgan fingerprint density at radius 2 is 2.27 bits per heavy atom. The molecule has 5 heteroatoms. The Kier molecular flexibility index (Phi) is 2.64. The number of nitrogens with zero attached hydrogens (tertiary/aromatic N) is 2. The second-order valence-electron chi connectivity index (χ2n) is 2.92. The van der Waals surface area contributed by atoms with Crippen molar-refractivity contribution in [1.29, 1.82) is 0 Å². The second kappa shape index (κ2) is 3.94. The Hall–Kier alpha value is -1.49. The van der Waals surface area contributed by atoms with E-state index in [1.165, 1.54) is 6.26 Å². The lowest BCUT2D eigenvalue weighted by Gasteiger charge is -1.98. The van der Waals surface area contributed by atoms with Crippen molar-refractivity contribution in [3.05, 3.63) is 46.3 Å². The third-order valence-electron chi connectivity index (χ3n) is 1.83. The number of aryl methyl sites for hydroxylation is 1. The van der Waals surface area contributed by atoms with Gasteiger partial charge in [-0.2, -0.15) is 0 Å². The summed E-state index contributed by atoms with van der Waals surface area (Å²) in [5.74, 6) is 0.564. The van der Waals surface area contributed by atoms with E-state index in [1.54, 1.807) is 25.3 Å². The fraction of sp³-hybridized carbons (Fsp3) is 0.100. The first-order valence-corrected chi connectivity index (χ1v) is 5.05. The van der Waals surface area contributed by atoms with E-state index in [0.717, 1.165) is 0 Å². The Bertz CT molecular complexity index is 508. The highest BCUT2D eigenvalue weighted by Gasteiger charge is 2.17. The molecule has 0 atom stereocenters. The van der Waals surface area contributed by atoms with Crippen LogP contribution in [0.3, 0.4) is 0 Å². The minimum absolute atomic E-state index is 0.252. The van der Waals surface area contributed by atoms with Crippen LogP contribution in [0.15, 0.2) is 33.5 Å². The molecule has 0 unspecified atom stereocenters. The molecule has 0 aliphatic heterocycles. The van der Waals surface area contributed by atoms with E-state index in [9.17, 15) is 4.79 Å². The third-order valence-corrected chi connectivity index (χ3v) is 2.46. The molecule has 0 fully saturated rings. The summed E-state index contributed by atoms with van der Waals surface area (Å²) in [5, 5.41) is 0. The van der Waals surface area contributed by atoms with Gasteiger partial charge in [0.05, 0.1) is 10.7 Å². The average molecular weight is 267 g/mol. The molecule has 2 heterocycles.